The first-order chi connectivity index (χ1) is 11.2. The van der Waals surface area contributed by atoms with Crippen LogP contribution in [0.5, 0.6) is 11.5 Å². The molecule has 0 atom stereocenters. The molecule has 0 aromatic heterocycles. The molecule has 134 valence electrons. The van der Waals surface area contributed by atoms with E-state index in [0.717, 1.165) is 0 Å². The van der Waals surface area contributed by atoms with Crippen molar-refractivity contribution in [1.82, 2.24) is 4.90 Å². The number of carbonyl (C=O) groups excluding carboxylic acids is 2. The van der Waals surface area contributed by atoms with E-state index in [1.807, 2.05) is 4.90 Å². The van der Waals surface area contributed by atoms with Crippen molar-refractivity contribution in [2.24, 2.45) is 11.8 Å². The van der Waals surface area contributed by atoms with Gasteiger partial charge in [-0.2, -0.15) is 0 Å². The number of benzene rings is 1. The van der Waals surface area contributed by atoms with Gasteiger partial charge in [-0.25, -0.2) is 0 Å². The van der Waals surface area contributed by atoms with Crippen molar-refractivity contribution in [2.75, 3.05) is 26.8 Å². The summed E-state index contributed by atoms with van der Waals surface area (Å²) in [7, 11) is 1.51. The van der Waals surface area contributed by atoms with Gasteiger partial charge in [0, 0.05) is 18.7 Å². The van der Waals surface area contributed by atoms with E-state index in [-0.39, 0.29) is 18.3 Å². The van der Waals surface area contributed by atoms with E-state index >= 15 is 0 Å². The topological polar surface area (TPSA) is 55.8 Å². The minimum atomic E-state index is -0.0464. The predicted molar refractivity (Wildman–Crippen MR) is 94.7 cm³/mol. The molecule has 1 amide bonds. The smallest absolute Gasteiger partial charge is 0.260 e. The van der Waals surface area contributed by atoms with Gasteiger partial charge in [0.25, 0.3) is 5.91 Å². The van der Waals surface area contributed by atoms with E-state index in [2.05, 4.69) is 27.7 Å². The summed E-state index contributed by atoms with van der Waals surface area (Å²) in [4.78, 5) is 25.7. The Morgan fingerprint density at radius 2 is 1.62 bits per heavy atom. The summed E-state index contributed by atoms with van der Waals surface area (Å²) >= 11 is 0. The Morgan fingerprint density at radius 3 is 2.08 bits per heavy atom. The highest BCUT2D eigenvalue weighted by atomic mass is 16.5. The fourth-order valence-electron chi connectivity index (χ4n) is 2.40. The number of ketones is 1. The summed E-state index contributed by atoms with van der Waals surface area (Å²) in [5.74, 6) is 1.62. The third-order valence-corrected chi connectivity index (χ3v) is 3.45. The number of amides is 1. The third-order valence-electron chi connectivity index (χ3n) is 3.45. The van der Waals surface area contributed by atoms with Crippen LogP contribution >= 0.6 is 0 Å². The molecule has 0 unspecified atom stereocenters. The summed E-state index contributed by atoms with van der Waals surface area (Å²) in [6.45, 7) is 11.2. The van der Waals surface area contributed by atoms with Crippen LogP contribution in [-0.2, 0) is 4.79 Å². The van der Waals surface area contributed by atoms with Crippen LogP contribution in [0.2, 0.25) is 0 Å². The summed E-state index contributed by atoms with van der Waals surface area (Å²) in [5, 5.41) is 0. The second kappa shape index (κ2) is 9.30. The molecule has 5 heteroatoms. The third kappa shape index (κ3) is 6.22. The predicted octanol–water partition coefficient (Wildman–Crippen LogP) is 3.42. The molecule has 0 aliphatic rings. The van der Waals surface area contributed by atoms with Gasteiger partial charge in [0.2, 0.25) is 0 Å². The molecule has 0 saturated carbocycles. The zero-order valence-electron chi connectivity index (χ0n) is 15.6. The highest BCUT2D eigenvalue weighted by molar-refractivity contribution is 5.94. The van der Waals surface area contributed by atoms with Gasteiger partial charge in [0.15, 0.2) is 23.9 Å². The van der Waals surface area contributed by atoms with E-state index in [9.17, 15) is 9.59 Å². The van der Waals surface area contributed by atoms with Crippen molar-refractivity contribution in [1.29, 1.82) is 0 Å². The first-order valence-corrected chi connectivity index (χ1v) is 8.34. The lowest BCUT2D eigenvalue weighted by Crippen LogP contribution is -2.39. The molecular formula is C19H29NO4. The number of Topliss-reactive ketones (excluding diaryl/α,β-unsaturated/α-hetero) is 1. The van der Waals surface area contributed by atoms with Crippen LogP contribution in [0.15, 0.2) is 18.2 Å². The number of carbonyl (C=O) groups is 2. The van der Waals surface area contributed by atoms with Gasteiger partial charge in [-0.15, -0.1) is 0 Å². The largest absolute Gasteiger partial charge is 0.493 e. The zero-order valence-corrected chi connectivity index (χ0v) is 15.6. The van der Waals surface area contributed by atoms with E-state index in [1.165, 1.54) is 14.0 Å². The average Bonchev–Trinajstić information content (AvgIpc) is 2.50. The average molecular weight is 335 g/mol. The zero-order chi connectivity index (χ0) is 18.3. The van der Waals surface area contributed by atoms with E-state index in [1.54, 1.807) is 18.2 Å². The summed E-state index contributed by atoms with van der Waals surface area (Å²) in [6, 6.07) is 4.96. The molecule has 1 aromatic carbocycles. The van der Waals surface area contributed by atoms with Crippen LogP contribution in [0.4, 0.5) is 0 Å². The van der Waals surface area contributed by atoms with Crippen molar-refractivity contribution in [3.63, 3.8) is 0 Å². The number of nitrogens with zero attached hydrogens (tertiary/aromatic N) is 1. The highest BCUT2D eigenvalue weighted by Crippen LogP contribution is 2.28. The van der Waals surface area contributed by atoms with Crippen molar-refractivity contribution in [3.8, 4) is 11.5 Å². The van der Waals surface area contributed by atoms with Gasteiger partial charge >= 0.3 is 0 Å². The van der Waals surface area contributed by atoms with E-state index in [4.69, 9.17) is 9.47 Å². The maximum Gasteiger partial charge on any atom is 0.260 e. The van der Waals surface area contributed by atoms with E-state index < -0.39 is 0 Å². The normalized spacial score (nSPS) is 10.8. The van der Waals surface area contributed by atoms with Gasteiger partial charge in [-0.3, -0.25) is 9.59 Å². The van der Waals surface area contributed by atoms with Crippen LogP contribution in [-0.4, -0.2) is 43.4 Å². The van der Waals surface area contributed by atoms with Crippen LogP contribution < -0.4 is 9.47 Å². The number of rotatable bonds is 9. The Morgan fingerprint density at radius 1 is 1.04 bits per heavy atom. The first kappa shape index (κ1) is 20.0. The molecule has 0 spiro atoms. The molecule has 5 nitrogen and oxygen atoms in total. The van der Waals surface area contributed by atoms with Gasteiger partial charge in [0.1, 0.15) is 0 Å². The SMILES string of the molecule is COc1cc(C(C)=O)ccc1OCC(=O)N(CC(C)C)CC(C)C. The molecule has 0 aliphatic carbocycles. The molecule has 1 aromatic rings. The molecule has 0 heterocycles. The second-order valence-electron chi connectivity index (χ2n) is 6.80. The number of hydrogen-bond donors (Lipinski definition) is 0. The van der Waals surface area contributed by atoms with Crippen molar-refractivity contribution in [3.05, 3.63) is 23.8 Å². The van der Waals surface area contributed by atoms with Gasteiger partial charge in [-0.1, -0.05) is 27.7 Å². The molecule has 0 aliphatic heterocycles. The molecule has 0 N–H and O–H groups in total. The molecular weight excluding hydrogens is 306 g/mol. The number of methoxy groups -OCH3 is 1. The van der Waals surface area contributed by atoms with E-state index in [0.29, 0.717) is 42.0 Å². The maximum absolute atomic E-state index is 12.5. The summed E-state index contributed by atoms with van der Waals surface area (Å²) < 4.78 is 10.9. The minimum Gasteiger partial charge on any atom is -0.493 e. The minimum absolute atomic E-state index is 0.0454. The van der Waals surface area contributed by atoms with Crippen LogP contribution in [0, 0.1) is 11.8 Å². The van der Waals surface area contributed by atoms with Crippen molar-refractivity contribution >= 4 is 11.7 Å². The van der Waals surface area contributed by atoms with Gasteiger partial charge in [-0.05, 0) is 37.0 Å². The quantitative estimate of drug-likeness (QED) is 0.649. The molecule has 24 heavy (non-hydrogen) atoms. The van der Waals surface area contributed by atoms with Crippen LogP contribution in [0.25, 0.3) is 0 Å². The lowest BCUT2D eigenvalue weighted by Gasteiger charge is -2.26. The Bertz CT molecular complexity index is 556. The molecule has 0 radical (unpaired) electrons. The molecule has 1 rings (SSSR count). The van der Waals surface area contributed by atoms with Crippen LogP contribution in [0.3, 0.4) is 0 Å². The fourth-order valence-corrected chi connectivity index (χ4v) is 2.40. The summed E-state index contributed by atoms with van der Waals surface area (Å²) in [5.41, 5.74) is 0.548. The standard InChI is InChI=1S/C19H29NO4/c1-13(2)10-20(11-14(3)4)19(22)12-24-17-8-7-16(15(5)21)9-18(17)23-6/h7-9,13-14H,10-12H2,1-6H3. The maximum atomic E-state index is 12.5. The lowest BCUT2D eigenvalue weighted by atomic mass is 10.1. The number of hydrogen-bond acceptors (Lipinski definition) is 4. The first-order valence-electron chi connectivity index (χ1n) is 8.34. The Hall–Kier alpha value is -2.04. The highest BCUT2D eigenvalue weighted by Gasteiger charge is 2.18. The molecule has 0 fully saturated rings. The molecule has 0 bridgehead atoms. The Labute approximate surface area is 144 Å². The monoisotopic (exact) mass is 335 g/mol. The van der Waals surface area contributed by atoms with Gasteiger partial charge in [0.05, 0.1) is 7.11 Å². The number of ether oxygens (including phenoxy) is 2. The second-order valence-corrected chi connectivity index (χ2v) is 6.80. The van der Waals surface area contributed by atoms with Crippen LogP contribution in [0.1, 0.15) is 45.0 Å². The lowest BCUT2D eigenvalue weighted by molar-refractivity contribution is -0.134. The Balaban J connectivity index is 2.78. The molecule has 0 saturated heterocycles. The van der Waals surface area contributed by atoms with Crippen molar-refractivity contribution in [2.45, 2.75) is 34.6 Å². The Kier molecular flexibility index (Phi) is 7.75. The van der Waals surface area contributed by atoms with Gasteiger partial charge < -0.3 is 14.4 Å². The van der Waals surface area contributed by atoms with Crippen molar-refractivity contribution < 1.29 is 19.1 Å². The fraction of sp³-hybridized carbons (Fsp3) is 0.579. The summed E-state index contributed by atoms with van der Waals surface area (Å²) in [6.07, 6.45) is 0.